The highest BCUT2D eigenvalue weighted by Gasteiger charge is 2.11. The summed E-state index contributed by atoms with van der Waals surface area (Å²) < 4.78 is 0. The van der Waals surface area contributed by atoms with Gasteiger partial charge in [0.05, 0.1) is 6.04 Å². The van der Waals surface area contributed by atoms with E-state index in [0.717, 1.165) is 0 Å². The van der Waals surface area contributed by atoms with Crippen LogP contribution in [0.2, 0.25) is 0 Å². The van der Waals surface area contributed by atoms with Crippen LogP contribution in [-0.4, -0.2) is 28.7 Å². The Morgan fingerprint density at radius 3 is 2.71 bits per heavy atom. The van der Waals surface area contributed by atoms with Crippen molar-refractivity contribution in [2.45, 2.75) is 26.4 Å². The summed E-state index contributed by atoms with van der Waals surface area (Å²) >= 11 is 0. The lowest BCUT2D eigenvalue weighted by atomic mass is 10.2. The van der Waals surface area contributed by atoms with Crippen LogP contribution in [0.3, 0.4) is 0 Å². The van der Waals surface area contributed by atoms with E-state index in [-0.39, 0.29) is 23.4 Å². The van der Waals surface area contributed by atoms with Gasteiger partial charge in [0.1, 0.15) is 11.5 Å². The highest BCUT2D eigenvalue weighted by Crippen LogP contribution is 2.22. The van der Waals surface area contributed by atoms with Gasteiger partial charge in [0.25, 0.3) is 0 Å². The molecular weight excluding hydrogens is 220 g/mol. The van der Waals surface area contributed by atoms with E-state index in [1.54, 1.807) is 13.0 Å². The molecule has 0 saturated heterocycles. The molecule has 0 aliphatic heterocycles. The molecule has 1 atom stereocenters. The zero-order valence-electron chi connectivity index (χ0n) is 10.0. The number of hydrogen-bond acceptors (Lipinski definition) is 4. The number of phenolic OH excluding ortho intramolecular Hbond substituents is 2. The molecule has 94 valence electrons. The second-order valence-electron chi connectivity index (χ2n) is 3.81. The lowest BCUT2D eigenvalue weighted by Gasteiger charge is -2.13. The lowest BCUT2D eigenvalue weighted by Crippen LogP contribution is -2.41. The van der Waals surface area contributed by atoms with Gasteiger partial charge in [-0.15, -0.1) is 0 Å². The van der Waals surface area contributed by atoms with Crippen molar-refractivity contribution < 1.29 is 15.0 Å². The van der Waals surface area contributed by atoms with E-state index in [1.165, 1.54) is 12.1 Å². The van der Waals surface area contributed by atoms with Crippen LogP contribution in [0.1, 0.15) is 19.4 Å². The van der Waals surface area contributed by atoms with Crippen LogP contribution in [0.25, 0.3) is 0 Å². The quantitative estimate of drug-likeness (QED) is 0.609. The van der Waals surface area contributed by atoms with Gasteiger partial charge in [-0.05, 0) is 19.9 Å². The Labute approximate surface area is 100 Å². The number of likely N-dealkylation sites (N-methyl/N-ethyl adjacent to an activating group) is 1. The molecule has 0 fully saturated rings. The van der Waals surface area contributed by atoms with Gasteiger partial charge < -0.3 is 20.8 Å². The van der Waals surface area contributed by atoms with Crippen LogP contribution < -0.4 is 10.6 Å². The van der Waals surface area contributed by atoms with Gasteiger partial charge in [0.15, 0.2) is 0 Å². The molecule has 0 radical (unpaired) electrons. The first-order valence-electron chi connectivity index (χ1n) is 5.56. The summed E-state index contributed by atoms with van der Waals surface area (Å²) in [6.07, 6.45) is 0. The summed E-state index contributed by atoms with van der Waals surface area (Å²) in [5.41, 5.74) is 0.638. The molecule has 1 rings (SSSR count). The predicted molar refractivity (Wildman–Crippen MR) is 64.8 cm³/mol. The highest BCUT2D eigenvalue weighted by molar-refractivity contribution is 5.81. The monoisotopic (exact) mass is 238 g/mol. The molecule has 0 heterocycles. The lowest BCUT2D eigenvalue weighted by molar-refractivity contribution is -0.122. The second kappa shape index (κ2) is 6.10. The first kappa shape index (κ1) is 13.3. The zero-order chi connectivity index (χ0) is 12.8. The first-order valence-corrected chi connectivity index (χ1v) is 5.56. The summed E-state index contributed by atoms with van der Waals surface area (Å²) in [5.74, 6) is -0.0469. The van der Waals surface area contributed by atoms with Crippen LogP contribution in [0.15, 0.2) is 18.2 Å². The minimum atomic E-state index is -0.330. The number of benzene rings is 1. The normalized spacial score (nSPS) is 12.1. The topological polar surface area (TPSA) is 81.6 Å². The van der Waals surface area contributed by atoms with Gasteiger partial charge in [-0.1, -0.05) is 6.07 Å². The van der Waals surface area contributed by atoms with E-state index >= 15 is 0 Å². The smallest absolute Gasteiger partial charge is 0.236 e. The fourth-order valence-corrected chi connectivity index (χ4v) is 1.38. The molecule has 0 aliphatic carbocycles. The van der Waals surface area contributed by atoms with Gasteiger partial charge in [-0.25, -0.2) is 0 Å². The molecule has 1 aromatic rings. The van der Waals surface area contributed by atoms with Crippen molar-refractivity contribution >= 4 is 5.91 Å². The van der Waals surface area contributed by atoms with Crippen molar-refractivity contribution in [1.29, 1.82) is 0 Å². The van der Waals surface area contributed by atoms with E-state index in [2.05, 4.69) is 10.6 Å². The number of amides is 1. The van der Waals surface area contributed by atoms with Gasteiger partial charge >= 0.3 is 0 Å². The number of hydrogen-bond donors (Lipinski definition) is 4. The molecule has 1 aromatic carbocycles. The summed E-state index contributed by atoms with van der Waals surface area (Å²) in [4.78, 5) is 11.4. The first-order chi connectivity index (χ1) is 8.04. The van der Waals surface area contributed by atoms with E-state index < -0.39 is 0 Å². The minimum absolute atomic E-state index is 0.0144. The number of phenols is 2. The summed E-state index contributed by atoms with van der Waals surface area (Å²) in [6.45, 7) is 4.57. The number of carbonyl (C=O) groups is 1. The molecule has 5 heteroatoms. The molecule has 0 saturated carbocycles. The molecule has 0 aliphatic rings. The highest BCUT2D eigenvalue weighted by atomic mass is 16.3. The van der Waals surface area contributed by atoms with Crippen LogP contribution in [0.5, 0.6) is 11.5 Å². The van der Waals surface area contributed by atoms with Gasteiger partial charge in [-0.3, -0.25) is 4.79 Å². The Hall–Kier alpha value is -1.75. The van der Waals surface area contributed by atoms with Crippen molar-refractivity contribution in [3.8, 4) is 11.5 Å². The fourth-order valence-electron chi connectivity index (χ4n) is 1.38. The van der Waals surface area contributed by atoms with Crippen molar-refractivity contribution in [3.05, 3.63) is 23.8 Å². The van der Waals surface area contributed by atoms with Crippen LogP contribution in [0.4, 0.5) is 0 Å². The Balaban J connectivity index is 2.52. The second-order valence-corrected chi connectivity index (χ2v) is 3.81. The van der Waals surface area contributed by atoms with E-state index in [0.29, 0.717) is 18.7 Å². The fraction of sp³-hybridized carbons (Fsp3) is 0.417. The maximum Gasteiger partial charge on any atom is 0.236 e. The van der Waals surface area contributed by atoms with Gasteiger partial charge in [-0.2, -0.15) is 0 Å². The standard InChI is InChI=1S/C12H18N2O3/c1-3-13-12(17)8(2)14-7-9-4-5-10(15)6-11(9)16/h4-6,8,14-16H,3,7H2,1-2H3,(H,13,17). The summed E-state index contributed by atoms with van der Waals surface area (Å²) in [7, 11) is 0. The summed E-state index contributed by atoms with van der Waals surface area (Å²) in [5, 5.41) is 24.4. The Morgan fingerprint density at radius 1 is 1.41 bits per heavy atom. The molecule has 1 amide bonds. The number of aromatic hydroxyl groups is 2. The van der Waals surface area contributed by atoms with Crippen LogP contribution in [-0.2, 0) is 11.3 Å². The Morgan fingerprint density at radius 2 is 2.12 bits per heavy atom. The molecule has 5 nitrogen and oxygen atoms in total. The number of carbonyl (C=O) groups excluding carboxylic acids is 1. The third-order valence-electron chi connectivity index (χ3n) is 2.41. The average molecular weight is 238 g/mol. The molecule has 4 N–H and O–H groups in total. The minimum Gasteiger partial charge on any atom is -0.508 e. The number of nitrogens with one attached hydrogen (secondary N) is 2. The SMILES string of the molecule is CCNC(=O)C(C)NCc1ccc(O)cc1O. The van der Waals surface area contributed by atoms with Crippen molar-refractivity contribution in [3.63, 3.8) is 0 Å². The zero-order valence-corrected chi connectivity index (χ0v) is 10.0. The predicted octanol–water partition coefficient (Wildman–Crippen LogP) is 0.712. The maximum atomic E-state index is 11.4. The van der Waals surface area contributed by atoms with Crippen LogP contribution in [0, 0.1) is 0 Å². The van der Waals surface area contributed by atoms with E-state index in [1.807, 2.05) is 6.92 Å². The largest absolute Gasteiger partial charge is 0.508 e. The van der Waals surface area contributed by atoms with Gasteiger partial charge in [0.2, 0.25) is 5.91 Å². The van der Waals surface area contributed by atoms with Crippen molar-refractivity contribution in [1.82, 2.24) is 10.6 Å². The molecule has 17 heavy (non-hydrogen) atoms. The Bertz CT molecular complexity index is 393. The molecule has 0 bridgehead atoms. The van der Waals surface area contributed by atoms with Crippen LogP contribution >= 0.6 is 0 Å². The molecule has 0 spiro atoms. The van der Waals surface area contributed by atoms with Crippen molar-refractivity contribution in [2.75, 3.05) is 6.54 Å². The van der Waals surface area contributed by atoms with Gasteiger partial charge in [0, 0.05) is 24.7 Å². The van der Waals surface area contributed by atoms with E-state index in [4.69, 9.17) is 5.11 Å². The maximum absolute atomic E-state index is 11.4. The Kier molecular flexibility index (Phi) is 4.78. The average Bonchev–Trinajstić information content (AvgIpc) is 2.27. The third kappa shape index (κ3) is 3.96. The third-order valence-corrected chi connectivity index (χ3v) is 2.41. The number of rotatable bonds is 5. The van der Waals surface area contributed by atoms with Crippen molar-refractivity contribution in [2.24, 2.45) is 0 Å². The molecule has 1 unspecified atom stereocenters. The molecular formula is C12H18N2O3. The molecule has 0 aromatic heterocycles. The summed E-state index contributed by atoms with van der Waals surface area (Å²) in [6, 6.07) is 4.05. The van der Waals surface area contributed by atoms with E-state index in [9.17, 15) is 9.90 Å².